The molecule has 1 atom stereocenters. The Hall–Kier alpha value is -3.07. The van der Waals surface area contributed by atoms with Gasteiger partial charge in [0.05, 0.1) is 11.9 Å². The summed E-state index contributed by atoms with van der Waals surface area (Å²) >= 11 is 13.0. The average molecular weight is 619 g/mol. The molecular formula is C31H37Cl2N3O4S. The summed E-state index contributed by atoms with van der Waals surface area (Å²) in [6, 6.07) is 20.5. The minimum atomic E-state index is -3.87. The van der Waals surface area contributed by atoms with Crippen molar-refractivity contribution in [3.05, 3.63) is 99.5 Å². The molecule has 0 aromatic heterocycles. The Kier molecular flexibility index (Phi) is 10.9. The fourth-order valence-corrected chi connectivity index (χ4v) is 5.81. The van der Waals surface area contributed by atoms with Gasteiger partial charge in [0.1, 0.15) is 12.6 Å². The number of sulfonamides is 1. The second-order valence-electron chi connectivity index (χ2n) is 10.9. The number of nitrogens with one attached hydrogen (secondary N) is 1. The zero-order valence-electron chi connectivity index (χ0n) is 24.0. The van der Waals surface area contributed by atoms with Crippen LogP contribution in [0.4, 0.5) is 5.69 Å². The van der Waals surface area contributed by atoms with Crippen molar-refractivity contribution >= 4 is 50.7 Å². The van der Waals surface area contributed by atoms with E-state index in [2.05, 4.69) is 26.1 Å². The maximum atomic E-state index is 14.1. The van der Waals surface area contributed by atoms with E-state index in [0.29, 0.717) is 27.8 Å². The lowest BCUT2D eigenvalue weighted by Gasteiger charge is -2.34. The maximum absolute atomic E-state index is 14.1. The van der Waals surface area contributed by atoms with E-state index in [0.717, 1.165) is 21.7 Å². The maximum Gasteiger partial charge on any atom is 0.244 e. The van der Waals surface area contributed by atoms with Gasteiger partial charge < -0.3 is 10.2 Å². The van der Waals surface area contributed by atoms with Crippen molar-refractivity contribution in [2.45, 2.75) is 52.1 Å². The number of nitrogens with zero attached hydrogens (tertiary/aromatic N) is 2. The highest BCUT2D eigenvalue weighted by molar-refractivity contribution is 7.92. The second kappa shape index (κ2) is 13.7. The highest BCUT2D eigenvalue weighted by Gasteiger charge is 2.33. The van der Waals surface area contributed by atoms with Gasteiger partial charge >= 0.3 is 0 Å². The van der Waals surface area contributed by atoms with Crippen LogP contribution in [-0.2, 0) is 38.0 Å². The normalized spacial score (nSPS) is 12.5. The number of hydrogen-bond acceptors (Lipinski definition) is 4. The van der Waals surface area contributed by atoms with Crippen molar-refractivity contribution in [3.8, 4) is 0 Å². The number of halogens is 2. The van der Waals surface area contributed by atoms with Crippen LogP contribution in [-0.4, -0.2) is 50.5 Å². The summed E-state index contributed by atoms with van der Waals surface area (Å²) < 4.78 is 27.0. The molecule has 0 bridgehead atoms. The molecule has 3 rings (SSSR count). The van der Waals surface area contributed by atoms with Crippen LogP contribution in [0.5, 0.6) is 0 Å². The predicted octanol–water partition coefficient (Wildman–Crippen LogP) is 5.83. The smallest absolute Gasteiger partial charge is 0.244 e. The number of carbonyl (C=O) groups excluding carboxylic acids is 2. The van der Waals surface area contributed by atoms with Gasteiger partial charge in [0.2, 0.25) is 21.8 Å². The van der Waals surface area contributed by atoms with Crippen molar-refractivity contribution in [2.24, 2.45) is 0 Å². The average Bonchev–Trinajstić information content (AvgIpc) is 2.90. The Morgan fingerprint density at radius 2 is 1.49 bits per heavy atom. The molecule has 0 aliphatic rings. The molecule has 0 spiro atoms. The quantitative estimate of drug-likeness (QED) is 0.293. The largest absolute Gasteiger partial charge is 0.355 e. The van der Waals surface area contributed by atoms with Gasteiger partial charge in [-0.05, 0) is 47.7 Å². The molecule has 3 aromatic carbocycles. The van der Waals surface area contributed by atoms with Crippen LogP contribution in [0.1, 0.15) is 44.4 Å². The Morgan fingerprint density at radius 1 is 0.902 bits per heavy atom. The minimum Gasteiger partial charge on any atom is -0.355 e. The molecule has 0 radical (unpaired) electrons. The second-order valence-corrected chi connectivity index (χ2v) is 13.6. The Labute approximate surface area is 253 Å². The van der Waals surface area contributed by atoms with E-state index in [1.807, 2.05) is 42.5 Å². The third-order valence-corrected chi connectivity index (χ3v) is 8.56. The Bertz CT molecular complexity index is 1440. The molecule has 0 aliphatic heterocycles. The highest BCUT2D eigenvalue weighted by atomic mass is 35.5. The van der Waals surface area contributed by atoms with E-state index < -0.39 is 28.5 Å². The summed E-state index contributed by atoms with van der Waals surface area (Å²) in [5.41, 5.74) is 2.54. The van der Waals surface area contributed by atoms with Crippen LogP contribution in [0.15, 0.2) is 72.8 Å². The number of rotatable bonds is 11. The van der Waals surface area contributed by atoms with Crippen LogP contribution in [0, 0.1) is 0 Å². The first-order chi connectivity index (χ1) is 19.2. The predicted molar refractivity (Wildman–Crippen MR) is 167 cm³/mol. The van der Waals surface area contributed by atoms with Gasteiger partial charge in [-0.3, -0.25) is 13.9 Å². The Morgan fingerprint density at radius 3 is 2.00 bits per heavy atom. The monoisotopic (exact) mass is 617 g/mol. The molecule has 0 unspecified atom stereocenters. The fraction of sp³-hybridized carbons (Fsp3) is 0.355. The third kappa shape index (κ3) is 8.71. The van der Waals surface area contributed by atoms with E-state index >= 15 is 0 Å². The van der Waals surface area contributed by atoms with Crippen molar-refractivity contribution in [1.82, 2.24) is 10.2 Å². The SMILES string of the molecule is CCNC(=O)[C@H](Cc1ccccc1)N(Cc1c(Cl)cccc1Cl)C(=O)CN(c1ccc(C(C)(C)C)cc1)S(C)(=O)=O. The number of anilines is 1. The van der Waals surface area contributed by atoms with Crippen LogP contribution in [0.2, 0.25) is 10.0 Å². The Balaban J connectivity index is 2.08. The summed E-state index contributed by atoms with van der Waals surface area (Å²) in [5, 5.41) is 3.49. The number of amides is 2. The molecule has 41 heavy (non-hydrogen) atoms. The van der Waals surface area contributed by atoms with Crippen molar-refractivity contribution in [1.29, 1.82) is 0 Å². The van der Waals surface area contributed by atoms with Gasteiger partial charge in [0.25, 0.3) is 0 Å². The first kappa shape index (κ1) is 32.4. The van der Waals surface area contributed by atoms with E-state index in [-0.39, 0.29) is 24.3 Å². The van der Waals surface area contributed by atoms with Crippen LogP contribution in [0.25, 0.3) is 0 Å². The van der Waals surface area contributed by atoms with Crippen LogP contribution in [0.3, 0.4) is 0 Å². The van der Waals surface area contributed by atoms with Crippen molar-refractivity contribution in [2.75, 3.05) is 23.7 Å². The molecular weight excluding hydrogens is 581 g/mol. The van der Waals surface area contributed by atoms with E-state index in [9.17, 15) is 18.0 Å². The molecule has 2 amide bonds. The minimum absolute atomic E-state index is 0.0907. The lowest BCUT2D eigenvalue weighted by atomic mass is 9.87. The molecule has 0 aliphatic carbocycles. The summed E-state index contributed by atoms with van der Waals surface area (Å²) in [6.45, 7) is 7.73. The molecule has 0 fully saturated rings. The molecule has 0 heterocycles. The van der Waals surface area contributed by atoms with E-state index in [1.54, 1.807) is 37.3 Å². The zero-order chi connectivity index (χ0) is 30.4. The van der Waals surface area contributed by atoms with E-state index in [4.69, 9.17) is 23.2 Å². The number of hydrogen-bond donors (Lipinski definition) is 1. The van der Waals surface area contributed by atoms with Gasteiger partial charge in [-0.1, -0.05) is 92.5 Å². The van der Waals surface area contributed by atoms with Crippen molar-refractivity contribution in [3.63, 3.8) is 0 Å². The van der Waals surface area contributed by atoms with E-state index in [1.165, 1.54) is 4.90 Å². The highest BCUT2D eigenvalue weighted by Crippen LogP contribution is 2.29. The van der Waals surface area contributed by atoms with Crippen molar-refractivity contribution < 1.29 is 18.0 Å². The molecule has 0 saturated heterocycles. The molecule has 7 nitrogen and oxygen atoms in total. The molecule has 10 heteroatoms. The molecule has 0 saturated carbocycles. The summed E-state index contributed by atoms with van der Waals surface area (Å²) in [4.78, 5) is 28.9. The van der Waals surface area contributed by atoms with Gasteiger partial charge in [-0.15, -0.1) is 0 Å². The lowest BCUT2D eigenvalue weighted by molar-refractivity contribution is -0.140. The molecule has 220 valence electrons. The van der Waals surface area contributed by atoms with Crippen LogP contribution >= 0.6 is 23.2 Å². The third-order valence-electron chi connectivity index (χ3n) is 6.71. The van der Waals surface area contributed by atoms with Gasteiger partial charge in [0, 0.05) is 35.1 Å². The number of carbonyl (C=O) groups is 2. The summed E-state index contributed by atoms with van der Waals surface area (Å²) in [7, 11) is -3.87. The van der Waals surface area contributed by atoms with Gasteiger partial charge in [-0.2, -0.15) is 0 Å². The zero-order valence-corrected chi connectivity index (χ0v) is 26.4. The van der Waals surface area contributed by atoms with Gasteiger partial charge in [0.15, 0.2) is 0 Å². The number of likely N-dealkylation sites (N-methyl/N-ethyl adjacent to an activating group) is 1. The number of benzene rings is 3. The van der Waals surface area contributed by atoms with Gasteiger partial charge in [-0.25, -0.2) is 8.42 Å². The fourth-order valence-electron chi connectivity index (χ4n) is 4.44. The summed E-state index contributed by atoms with van der Waals surface area (Å²) in [5.74, 6) is -0.938. The first-order valence-electron chi connectivity index (χ1n) is 13.3. The summed E-state index contributed by atoms with van der Waals surface area (Å²) in [6.07, 6.45) is 1.26. The first-order valence-corrected chi connectivity index (χ1v) is 15.9. The standard InChI is InChI=1S/C31H37Cl2N3O4S/c1-6-34-30(38)28(19-22-11-8-7-9-12-22)35(20-25-26(32)13-10-14-27(25)33)29(37)21-36(41(5,39)40)24-17-15-23(16-18-24)31(2,3)4/h7-18,28H,6,19-21H2,1-5H3,(H,34,38)/t28-/m0/s1. The topological polar surface area (TPSA) is 86.8 Å². The molecule has 1 N–H and O–H groups in total. The van der Waals surface area contributed by atoms with Crippen LogP contribution < -0.4 is 9.62 Å². The molecule has 3 aromatic rings. The lowest BCUT2D eigenvalue weighted by Crippen LogP contribution is -2.53.